The van der Waals surface area contributed by atoms with Gasteiger partial charge in [0, 0.05) is 13.0 Å². The van der Waals surface area contributed by atoms with Gasteiger partial charge in [-0.15, -0.1) is 11.6 Å². The minimum atomic E-state index is -0.0526. The quantitative estimate of drug-likeness (QED) is 0.775. The topological polar surface area (TPSA) is 29.5 Å². The molecule has 2 rings (SSSR count). The van der Waals surface area contributed by atoms with Crippen LogP contribution >= 0.6 is 11.6 Å². The minimum absolute atomic E-state index is 0.0526. The Balaban J connectivity index is 2.13. The highest BCUT2D eigenvalue weighted by molar-refractivity contribution is 6.22. The molecule has 0 bridgehead atoms. The van der Waals surface area contributed by atoms with Crippen molar-refractivity contribution in [1.29, 1.82) is 0 Å². The fourth-order valence-corrected chi connectivity index (χ4v) is 2.40. The van der Waals surface area contributed by atoms with E-state index in [1.54, 1.807) is 7.11 Å². The zero-order valence-electron chi connectivity index (χ0n) is 10.0. The summed E-state index contributed by atoms with van der Waals surface area (Å²) in [5.74, 6) is 0.956. The van der Waals surface area contributed by atoms with E-state index in [9.17, 15) is 4.79 Å². The predicted molar refractivity (Wildman–Crippen MR) is 67.4 cm³/mol. The smallest absolute Gasteiger partial charge is 0.224 e. The summed E-state index contributed by atoms with van der Waals surface area (Å²) >= 11 is 6.00. The van der Waals surface area contributed by atoms with Gasteiger partial charge in [-0.2, -0.15) is 0 Å². The van der Waals surface area contributed by atoms with Crippen molar-refractivity contribution in [2.45, 2.75) is 24.8 Å². The molecule has 17 heavy (non-hydrogen) atoms. The van der Waals surface area contributed by atoms with Crippen molar-refractivity contribution >= 4 is 17.5 Å². The second-order valence-electron chi connectivity index (χ2n) is 4.30. The van der Waals surface area contributed by atoms with Gasteiger partial charge < -0.3 is 9.64 Å². The van der Waals surface area contributed by atoms with E-state index in [-0.39, 0.29) is 17.3 Å². The van der Waals surface area contributed by atoms with E-state index in [1.165, 1.54) is 0 Å². The summed E-state index contributed by atoms with van der Waals surface area (Å²) in [4.78, 5) is 13.6. The van der Waals surface area contributed by atoms with E-state index in [4.69, 9.17) is 16.3 Å². The van der Waals surface area contributed by atoms with Crippen LogP contribution in [0.15, 0.2) is 24.3 Å². The summed E-state index contributed by atoms with van der Waals surface area (Å²) in [5.41, 5.74) is 1.10. The SMILES string of the molecule is COc1ccc(C(C)N2CC(Cl)CC2=O)cc1. The Morgan fingerprint density at radius 3 is 2.53 bits per heavy atom. The first-order valence-corrected chi connectivity index (χ1v) is 6.13. The molecular formula is C13H16ClNO2. The van der Waals surface area contributed by atoms with Gasteiger partial charge in [-0.1, -0.05) is 12.1 Å². The summed E-state index contributed by atoms with van der Waals surface area (Å²) in [5, 5.41) is -0.0526. The number of likely N-dealkylation sites (tertiary alicyclic amines) is 1. The highest BCUT2D eigenvalue weighted by Gasteiger charge is 2.31. The van der Waals surface area contributed by atoms with Gasteiger partial charge in [0.1, 0.15) is 5.75 Å². The van der Waals surface area contributed by atoms with E-state index in [1.807, 2.05) is 36.1 Å². The number of hydrogen-bond donors (Lipinski definition) is 0. The number of carbonyl (C=O) groups excluding carboxylic acids is 1. The molecule has 1 heterocycles. The van der Waals surface area contributed by atoms with Gasteiger partial charge in [-0.25, -0.2) is 0 Å². The Morgan fingerprint density at radius 2 is 2.06 bits per heavy atom. The van der Waals surface area contributed by atoms with Crippen molar-refractivity contribution in [2.24, 2.45) is 0 Å². The number of halogens is 1. The van der Waals surface area contributed by atoms with Crippen molar-refractivity contribution in [3.63, 3.8) is 0 Å². The maximum absolute atomic E-state index is 11.7. The first kappa shape index (κ1) is 12.2. The van der Waals surface area contributed by atoms with Gasteiger partial charge in [0.2, 0.25) is 5.91 Å². The summed E-state index contributed by atoms with van der Waals surface area (Å²) in [6.45, 7) is 2.65. The molecule has 0 spiro atoms. The monoisotopic (exact) mass is 253 g/mol. The molecule has 3 nitrogen and oxygen atoms in total. The van der Waals surface area contributed by atoms with Crippen LogP contribution in [0.5, 0.6) is 5.75 Å². The second kappa shape index (κ2) is 4.96. The van der Waals surface area contributed by atoms with E-state index in [2.05, 4.69) is 0 Å². The van der Waals surface area contributed by atoms with E-state index < -0.39 is 0 Å². The number of carbonyl (C=O) groups is 1. The van der Waals surface area contributed by atoms with Crippen LogP contribution in [0.4, 0.5) is 0 Å². The van der Waals surface area contributed by atoms with Gasteiger partial charge in [-0.3, -0.25) is 4.79 Å². The lowest BCUT2D eigenvalue weighted by molar-refractivity contribution is -0.129. The molecule has 1 aromatic carbocycles. The van der Waals surface area contributed by atoms with Crippen LogP contribution < -0.4 is 4.74 Å². The molecule has 0 aliphatic carbocycles. The maximum atomic E-state index is 11.7. The molecule has 1 saturated heterocycles. The lowest BCUT2D eigenvalue weighted by atomic mass is 10.1. The number of ether oxygens (including phenoxy) is 1. The van der Waals surface area contributed by atoms with Crippen LogP contribution in [0.25, 0.3) is 0 Å². The standard InChI is InChI=1S/C13H16ClNO2/c1-9(15-8-11(14)7-13(15)16)10-3-5-12(17-2)6-4-10/h3-6,9,11H,7-8H2,1-2H3. The van der Waals surface area contributed by atoms with Crippen LogP contribution in [-0.4, -0.2) is 29.8 Å². The Kier molecular flexibility index (Phi) is 3.57. The van der Waals surface area contributed by atoms with Gasteiger partial charge >= 0.3 is 0 Å². The summed E-state index contributed by atoms with van der Waals surface area (Å²) in [6.07, 6.45) is 0.446. The third kappa shape index (κ3) is 2.55. The molecule has 1 aromatic rings. The number of amides is 1. The minimum Gasteiger partial charge on any atom is -0.497 e. The van der Waals surface area contributed by atoms with Crippen LogP contribution in [0, 0.1) is 0 Å². The number of alkyl halides is 1. The van der Waals surface area contributed by atoms with Crippen LogP contribution in [0.1, 0.15) is 24.9 Å². The fraction of sp³-hybridized carbons (Fsp3) is 0.462. The van der Waals surface area contributed by atoms with Crippen molar-refractivity contribution in [2.75, 3.05) is 13.7 Å². The third-order valence-electron chi connectivity index (χ3n) is 3.18. The molecule has 0 N–H and O–H groups in total. The third-order valence-corrected chi connectivity index (χ3v) is 3.47. The van der Waals surface area contributed by atoms with Crippen molar-refractivity contribution < 1.29 is 9.53 Å². The fourth-order valence-electron chi connectivity index (χ4n) is 2.12. The lowest BCUT2D eigenvalue weighted by Gasteiger charge is -2.24. The molecule has 1 aliphatic heterocycles. The highest BCUT2D eigenvalue weighted by atomic mass is 35.5. The molecular weight excluding hydrogens is 238 g/mol. The van der Waals surface area contributed by atoms with Crippen LogP contribution in [-0.2, 0) is 4.79 Å². The number of methoxy groups -OCH3 is 1. The van der Waals surface area contributed by atoms with Gasteiger partial charge in [0.05, 0.1) is 18.5 Å². The number of rotatable bonds is 3. The van der Waals surface area contributed by atoms with E-state index in [0.29, 0.717) is 13.0 Å². The first-order valence-electron chi connectivity index (χ1n) is 5.69. The summed E-state index contributed by atoms with van der Waals surface area (Å²) in [7, 11) is 1.64. The predicted octanol–water partition coefficient (Wildman–Crippen LogP) is 2.60. The molecule has 1 aliphatic rings. The van der Waals surface area contributed by atoms with Crippen molar-refractivity contribution in [3.05, 3.63) is 29.8 Å². The molecule has 0 radical (unpaired) electrons. The summed E-state index contributed by atoms with van der Waals surface area (Å²) < 4.78 is 5.11. The molecule has 92 valence electrons. The molecule has 2 unspecified atom stereocenters. The van der Waals surface area contributed by atoms with E-state index in [0.717, 1.165) is 11.3 Å². The highest BCUT2D eigenvalue weighted by Crippen LogP contribution is 2.28. The van der Waals surface area contributed by atoms with E-state index >= 15 is 0 Å². The van der Waals surface area contributed by atoms with Gasteiger partial charge in [-0.05, 0) is 24.6 Å². The van der Waals surface area contributed by atoms with Gasteiger partial charge in [0.15, 0.2) is 0 Å². The Morgan fingerprint density at radius 1 is 1.41 bits per heavy atom. The maximum Gasteiger partial charge on any atom is 0.224 e. The second-order valence-corrected chi connectivity index (χ2v) is 4.91. The lowest BCUT2D eigenvalue weighted by Crippen LogP contribution is -2.28. The molecule has 1 fully saturated rings. The molecule has 4 heteroatoms. The zero-order valence-corrected chi connectivity index (χ0v) is 10.8. The average molecular weight is 254 g/mol. The average Bonchev–Trinajstić information content (AvgIpc) is 2.68. The largest absolute Gasteiger partial charge is 0.497 e. The first-order chi connectivity index (χ1) is 8.11. The molecule has 2 atom stereocenters. The number of benzene rings is 1. The number of nitrogens with zero attached hydrogens (tertiary/aromatic N) is 1. The van der Waals surface area contributed by atoms with Crippen LogP contribution in [0.2, 0.25) is 0 Å². The Bertz CT molecular complexity index is 404. The van der Waals surface area contributed by atoms with Crippen molar-refractivity contribution in [1.82, 2.24) is 4.90 Å². The molecule has 0 aromatic heterocycles. The van der Waals surface area contributed by atoms with Gasteiger partial charge in [0.25, 0.3) is 0 Å². The summed E-state index contributed by atoms with van der Waals surface area (Å²) in [6, 6.07) is 7.85. The Hall–Kier alpha value is -1.22. The van der Waals surface area contributed by atoms with Crippen molar-refractivity contribution in [3.8, 4) is 5.75 Å². The molecule has 0 saturated carbocycles. The number of hydrogen-bond acceptors (Lipinski definition) is 2. The molecule has 1 amide bonds. The van der Waals surface area contributed by atoms with Crippen LogP contribution in [0.3, 0.4) is 0 Å². The Labute approximate surface area is 106 Å². The zero-order chi connectivity index (χ0) is 12.4. The normalized spacial score (nSPS) is 21.7.